The second kappa shape index (κ2) is 11.6. The fraction of sp³-hybridized carbons (Fsp3) is 1.00. The molecule has 0 aromatic rings. The van der Waals surface area contributed by atoms with Crippen LogP contribution in [0.1, 0.15) is 0 Å². The summed E-state index contributed by atoms with van der Waals surface area (Å²) in [4.78, 5) is 0. The maximum absolute atomic E-state index is 5.85. The van der Waals surface area contributed by atoms with Gasteiger partial charge in [0.1, 0.15) is 0 Å². The smallest absolute Gasteiger partial charge is 0.436 e. The number of hydrogen-bond acceptors (Lipinski definition) is 6. The third-order valence-corrected chi connectivity index (χ3v) is 12.3. The first kappa shape index (κ1) is 21.1. The van der Waals surface area contributed by atoms with E-state index in [0.717, 1.165) is 0 Å². The van der Waals surface area contributed by atoms with Crippen LogP contribution in [0.3, 0.4) is 0 Å². The molecule has 0 saturated heterocycles. The first-order valence-electron chi connectivity index (χ1n) is 6.15. The standard InChI is InChI=1S/C8H24O6Si6/c1-9-19(11-16(4)5)14-20(12-17(6)7)13-18(8)10-15(2)3/h1-8H3. The lowest BCUT2D eigenvalue weighted by Gasteiger charge is -2.23. The molecule has 0 bridgehead atoms. The van der Waals surface area contributed by atoms with Crippen molar-refractivity contribution >= 4 is 55.5 Å². The summed E-state index contributed by atoms with van der Waals surface area (Å²) in [6, 6.07) is 0. The van der Waals surface area contributed by atoms with Crippen LogP contribution in [-0.2, 0) is 25.0 Å². The zero-order valence-electron chi connectivity index (χ0n) is 13.4. The van der Waals surface area contributed by atoms with Crippen LogP contribution in [0.4, 0.5) is 0 Å². The average Bonchev–Trinajstić information content (AvgIpc) is 2.24. The second-order valence-corrected chi connectivity index (χ2v) is 16.4. The topological polar surface area (TPSA) is 55.4 Å². The molecular formula is C8H24O6Si6. The van der Waals surface area contributed by atoms with Gasteiger partial charge in [-0.05, 0) is 45.8 Å². The molecule has 0 fully saturated rings. The highest BCUT2D eigenvalue weighted by atomic mass is 28.5. The third kappa shape index (κ3) is 11.7. The van der Waals surface area contributed by atoms with Crippen LogP contribution >= 0.6 is 0 Å². The predicted molar refractivity (Wildman–Crippen MR) is 88.0 cm³/mol. The van der Waals surface area contributed by atoms with Gasteiger partial charge < -0.3 is 25.0 Å². The van der Waals surface area contributed by atoms with Crippen molar-refractivity contribution in [2.45, 2.75) is 45.8 Å². The molecule has 0 unspecified atom stereocenters. The number of rotatable bonds is 11. The molecule has 0 amide bonds. The molecule has 0 aliphatic rings. The van der Waals surface area contributed by atoms with Crippen molar-refractivity contribution in [3.05, 3.63) is 0 Å². The van der Waals surface area contributed by atoms with Crippen molar-refractivity contribution in [1.29, 1.82) is 0 Å². The van der Waals surface area contributed by atoms with E-state index in [0.29, 0.717) is 0 Å². The van der Waals surface area contributed by atoms with Crippen LogP contribution in [0.5, 0.6) is 0 Å². The van der Waals surface area contributed by atoms with Gasteiger partial charge in [0, 0.05) is 7.11 Å². The van der Waals surface area contributed by atoms with Crippen molar-refractivity contribution in [2.24, 2.45) is 0 Å². The maximum atomic E-state index is 5.85. The van der Waals surface area contributed by atoms with Crippen molar-refractivity contribution < 1.29 is 25.0 Å². The normalized spacial score (nSPS) is 12.9. The van der Waals surface area contributed by atoms with Gasteiger partial charge in [-0.25, -0.2) is 0 Å². The van der Waals surface area contributed by atoms with Gasteiger partial charge in [0.05, 0.1) is 0 Å². The minimum atomic E-state index is -1.85. The molecule has 0 heterocycles. The molecule has 116 valence electrons. The van der Waals surface area contributed by atoms with Crippen LogP contribution in [-0.4, -0.2) is 62.6 Å². The van der Waals surface area contributed by atoms with Gasteiger partial charge in [-0.2, -0.15) is 0 Å². The minimum absolute atomic E-state index is 0.774. The summed E-state index contributed by atoms with van der Waals surface area (Å²) in [6.45, 7) is 14.3. The Hall–Kier alpha value is 1.06. The fourth-order valence-corrected chi connectivity index (χ4v) is 10.8. The van der Waals surface area contributed by atoms with Gasteiger partial charge >= 0.3 is 28.3 Å². The Morgan fingerprint density at radius 2 is 0.950 bits per heavy atom. The van der Waals surface area contributed by atoms with E-state index in [1.807, 2.05) is 19.6 Å². The molecule has 0 aromatic heterocycles. The Morgan fingerprint density at radius 3 is 1.35 bits per heavy atom. The molecule has 0 atom stereocenters. The molecular weight excluding hydrogens is 361 g/mol. The van der Waals surface area contributed by atoms with Gasteiger partial charge in [0.15, 0.2) is 27.1 Å². The average molecular weight is 385 g/mol. The molecule has 12 heteroatoms. The SMILES string of the molecule is CO[Si](O[Si](C)C)O[Si](O[Si](C)C)O[Si](C)O[Si](C)C. The predicted octanol–water partition coefficient (Wildman–Crippen LogP) is 1.56. The minimum Gasteiger partial charge on any atom is -0.436 e. The molecule has 6 radical (unpaired) electrons. The molecule has 6 nitrogen and oxygen atoms in total. The summed E-state index contributed by atoms with van der Waals surface area (Å²) < 4.78 is 34.2. The molecule has 0 spiro atoms. The van der Waals surface area contributed by atoms with Crippen molar-refractivity contribution in [3.8, 4) is 0 Å². The van der Waals surface area contributed by atoms with Crippen molar-refractivity contribution in [1.82, 2.24) is 0 Å². The molecule has 0 aliphatic heterocycles. The van der Waals surface area contributed by atoms with E-state index in [1.165, 1.54) is 0 Å². The first-order chi connectivity index (χ1) is 9.24. The molecule has 0 rings (SSSR count). The van der Waals surface area contributed by atoms with Gasteiger partial charge in [-0.3, -0.25) is 0 Å². The van der Waals surface area contributed by atoms with Crippen LogP contribution in [0.15, 0.2) is 0 Å². The van der Waals surface area contributed by atoms with E-state index < -0.39 is 55.5 Å². The summed E-state index contributed by atoms with van der Waals surface area (Å²) in [7, 11) is -5.93. The lowest BCUT2D eigenvalue weighted by Crippen LogP contribution is -2.45. The molecule has 20 heavy (non-hydrogen) atoms. The van der Waals surface area contributed by atoms with E-state index in [9.17, 15) is 0 Å². The highest BCUT2D eigenvalue weighted by molar-refractivity contribution is 6.70. The van der Waals surface area contributed by atoms with E-state index >= 15 is 0 Å². The maximum Gasteiger partial charge on any atom is 0.558 e. The van der Waals surface area contributed by atoms with Gasteiger partial charge in [-0.15, -0.1) is 0 Å². The Morgan fingerprint density at radius 1 is 0.500 bits per heavy atom. The molecule has 0 N–H and O–H groups in total. The largest absolute Gasteiger partial charge is 0.558 e. The van der Waals surface area contributed by atoms with E-state index in [2.05, 4.69) is 26.2 Å². The monoisotopic (exact) mass is 384 g/mol. The summed E-state index contributed by atoms with van der Waals surface area (Å²) in [6.07, 6.45) is 0. The Kier molecular flexibility index (Phi) is 12.2. The molecule has 0 aliphatic carbocycles. The van der Waals surface area contributed by atoms with Crippen LogP contribution in [0.2, 0.25) is 45.8 Å². The summed E-state index contributed by atoms with van der Waals surface area (Å²) in [5.74, 6) is 0. The van der Waals surface area contributed by atoms with Gasteiger partial charge in [0.25, 0.3) is 0 Å². The highest BCUT2D eigenvalue weighted by Gasteiger charge is 2.33. The van der Waals surface area contributed by atoms with E-state index in [1.54, 1.807) is 7.11 Å². The zero-order valence-corrected chi connectivity index (χ0v) is 19.4. The Bertz CT molecular complexity index is 245. The molecule has 0 saturated carbocycles. The quantitative estimate of drug-likeness (QED) is 0.504. The molecule has 0 aromatic carbocycles. The van der Waals surface area contributed by atoms with Crippen molar-refractivity contribution in [2.75, 3.05) is 7.11 Å². The fourth-order valence-electron chi connectivity index (χ4n) is 0.994. The van der Waals surface area contributed by atoms with Gasteiger partial charge in [0.2, 0.25) is 0 Å². The zero-order chi connectivity index (χ0) is 15.7. The second-order valence-electron chi connectivity index (χ2n) is 4.43. The Balaban J connectivity index is 4.45. The lowest BCUT2D eigenvalue weighted by atomic mass is 11.8. The van der Waals surface area contributed by atoms with Crippen molar-refractivity contribution in [3.63, 3.8) is 0 Å². The Labute approximate surface area is 133 Å². The third-order valence-electron chi connectivity index (χ3n) is 1.48. The first-order valence-corrected chi connectivity index (χ1v) is 17.6. The summed E-state index contributed by atoms with van der Waals surface area (Å²) in [5, 5.41) is 0. The summed E-state index contributed by atoms with van der Waals surface area (Å²) >= 11 is 0. The summed E-state index contributed by atoms with van der Waals surface area (Å²) in [5.41, 5.74) is 0. The van der Waals surface area contributed by atoms with Gasteiger partial charge in [-0.1, -0.05) is 0 Å². The highest BCUT2D eigenvalue weighted by Crippen LogP contribution is 2.05. The lowest BCUT2D eigenvalue weighted by molar-refractivity contribution is 0.199. The van der Waals surface area contributed by atoms with E-state index in [4.69, 9.17) is 25.0 Å². The van der Waals surface area contributed by atoms with Crippen LogP contribution in [0.25, 0.3) is 0 Å². The van der Waals surface area contributed by atoms with E-state index in [-0.39, 0.29) is 0 Å². The van der Waals surface area contributed by atoms with Crippen LogP contribution in [0, 0.1) is 0 Å². The van der Waals surface area contributed by atoms with Crippen LogP contribution < -0.4 is 0 Å². The number of hydrogen-bond donors (Lipinski definition) is 0.